The minimum Gasteiger partial charge on any atom is -0.339 e. The third kappa shape index (κ3) is 2.84. The molecule has 3 rings (SSSR count). The number of nitrogens with one attached hydrogen (secondary N) is 1. The summed E-state index contributed by atoms with van der Waals surface area (Å²) in [5.41, 5.74) is 1.31. The second-order valence-corrected chi connectivity index (χ2v) is 5.28. The van der Waals surface area contributed by atoms with Crippen molar-refractivity contribution in [3.63, 3.8) is 0 Å². The third-order valence-electron chi connectivity index (χ3n) is 3.80. The van der Waals surface area contributed by atoms with Gasteiger partial charge in [0.1, 0.15) is 0 Å². The van der Waals surface area contributed by atoms with Crippen molar-refractivity contribution in [3.8, 4) is 0 Å². The second-order valence-electron chi connectivity index (χ2n) is 5.28. The molecule has 0 radical (unpaired) electrons. The Morgan fingerprint density at radius 3 is 2.79 bits per heavy atom. The van der Waals surface area contributed by atoms with Crippen LogP contribution >= 0.6 is 0 Å². The molecule has 1 N–H and O–H groups in total. The average molecular weight is 257 g/mol. The molecule has 0 bridgehead atoms. The zero-order valence-corrected chi connectivity index (χ0v) is 11.2. The molecule has 0 saturated carbocycles. The highest BCUT2D eigenvalue weighted by Crippen LogP contribution is 2.26. The van der Waals surface area contributed by atoms with Gasteiger partial charge in [0.2, 0.25) is 5.89 Å². The maximum absolute atomic E-state index is 5.41. The molecule has 1 aliphatic heterocycles. The van der Waals surface area contributed by atoms with Gasteiger partial charge < -0.3 is 9.84 Å². The molecule has 100 valence electrons. The largest absolute Gasteiger partial charge is 0.339 e. The van der Waals surface area contributed by atoms with Crippen molar-refractivity contribution in [2.45, 2.75) is 25.7 Å². The molecule has 2 heterocycles. The Bertz CT molecular complexity index is 523. The molecule has 1 aromatic heterocycles. The first-order valence-corrected chi connectivity index (χ1v) is 6.90. The first-order chi connectivity index (χ1) is 9.33. The van der Waals surface area contributed by atoms with Crippen molar-refractivity contribution >= 4 is 0 Å². The summed E-state index contributed by atoms with van der Waals surface area (Å²) in [7, 11) is 0. The van der Waals surface area contributed by atoms with Gasteiger partial charge in [-0.1, -0.05) is 42.4 Å². The summed E-state index contributed by atoms with van der Waals surface area (Å²) in [5.74, 6) is 2.55. The number of aromatic nitrogens is 2. The quantitative estimate of drug-likeness (QED) is 0.912. The van der Waals surface area contributed by atoms with E-state index >= 15 is 0 Å². The molecule has 2 aromatic rings. The predicted octanol–water partition coefficient (Wildman–Crippen LogP) is 2.18. The SMILES string of the molecule is CC1CNCC1c1nc(CCc2ccccc2)no1. The number of hydrogen-bond acceptors (Lipinski definition) is 4. The predicted molar refractivity (Wildman–Crippen MR) is 72.9 cm³/mol. The number of nitrogens with zero attached hydrogens (tertiary/aromatic N) is 2. The summed E-state index contributed by atoms with van der Waals surface area (Å²) in [5, 5.41) is 7.46. The van der Waals surface area contributed by atoms with Crippen LogP contribution in [0.2, 0.25) is 0 Å². The molecular formula is C15H19N3O. The molecule has 1 aromatic carbocycles. The van der Waals surface area contributed by atoms with Gasteiger partial charge in [-0.2, -0.15) is 4.98 Å². The van der Waals surface area contributed by atoms with Crippen molar-refractivity contribution in [2.75, 3.05) is 13.1 Å². The van der Waals surface area contributed by atoms with E-state index in [4.69, 9.17) is 4.52 Å². The molecule has 4 heteroatoms. The van der Waals surface area contributed by atoms with Crippen molar-refractivity contribution in [1.29, 1.82) is 0 Å². The average Bonchev–Trinajstić information content (AvgIpc) is 3.06. The van der Waals surface area contributed by atoms with Crippen LogP contribution in [0.25, 0.3) is 0 Å². The Morgan fingerprint density at radius 2 is 2.05 bits per heavy atom. The summed E-state index contributed by atoms with van der Waals surface area (Å²) in [6.45, 7) is 4.20. The summed E-state index contributed by atoms with van der Waals surface area (Å²) in [4.78, 5) is 4.54. The first kappa shape index (κ1) is 12.4. The molecule has 0 spiro atoms. The van der Waals surface area contributed by atoms with Gasteiger partial charge in [-0.25, -0.2) is 0 Å². The van der Waals surface area contributed by atoms with E-state index in [1.54, 1.807) is 0 Å². The Labute approximate surface area is 113 Å². The summed E-state index contributed by atoms with van der Waals surface area (Å²) in [6, 6.07) is 10.4. The van der Waals surface area contributed by atoms with Crippen LogP contribution in [0.1, 0.15) is 30.1 Å². The maximum Gasteiger partial charge on any atom is 0.231 e. The van der Waals surface area contributed by atoms with Crippen LogP contribution in [-0.2, 0) is 12.8 Å². The van der Waals surface area contributed by atoms with E-state index in [9.17, 15) is 0 Å². The van der Waals surface area contributed by atoms with Crippen molar-refractivity contribution in [3.05, 3.63) is 47.6 Å². The molecule has 19 heavy (non-hydrogen) atoms. The minimum absolute atomic E-state index is 0.373. The zero-order valence-electron chi connectivity index (χ0n) is 11.2. The standard InChI is InChI=1S/C15H19N3O/c1-11-9-16-10-13(11)15-17-14(18-19-15)8-7-12-5-3-2-4-6-12/h2-6,11,13,16H,7-10H2,1H3. The van der Waals surface area contributed by atoms with Crippen LogP contribution in [0.3, 0.4) is 0 Å². The van der Waals surface area contributed by atoms with E-state index < -0.39 is 0 Å². The fourth-order valence-corrected chi connectivity index (χ4v) is 2.56. The molecule has 0 amide bonds. The van der Waals surface area contributed by atoms with E-state index in [0.29, 0.717) is 11.8 Å². The zero-order chi connectivity index (χ0) is 13.1. The van der Waals surface area contributed by atoms with Crippen LogP contribution in [0.4, 0.5) is 0 Å². The van der Waals surface area contributed by atoms with Crippen molar-refractivity contribution < 1.29 is 4.52 Å². The number of rotatable bonds is 4. The maximum atomic E-state index is 5.41. The highest BCUT2D eigenvalue weighted by Gasteiger charge is 2.29. The minimum atomic E-state index is 0.373. The fourth-order valence-electron chi connectivity index (χ4n) is 2.56. The van der Waals surface area contributed by atoms with Gasteiger partial charge in [-0.15, -0.1) is 0 Å². The van der Waals surface area contributed by atoms with Crippen molar-refractivity contribution in [1.82, 2.24) is 15.5 Å². The smallest absolute Gasteiger partial charge is 0.231 e. The van der Waals surface area contributed by atoms with E-state index in [-0.39, 0.29) is 0 Å². The normalized spacial score (nSPS) is 22.8. The summed E-state index contributed by atoms with van der Waals surface area (Å²) >= 11 is 0. The van der Waals surface area contributed by atoms with E-state index in [2.05, 4.69) is 46.6 Å². The van der Waals surface area contributed by atoms with Gasteiger partial charge in [0.05, 0.1) is 5.92 Å². The van der Waals surface area contributed by atoms with Gasteiger partial charge in [-0.3, -0.25) is 0 Å². The molecule has 0 aliphatic carbocycles. The van der Waals surface area contributed by atoms with Gasteiger partial charge >= 0.3 is 0 Å². The van der Waals surface area contributed by atoms with Crippen LogP contribution in [-0.4, -0.2) is 23.2 Å². The molecule has 2 atom stereocenters. The fraction of sp³-hybridized carbons (Fsp3) is 0.467. The lowest BCUT2D eigenvalue weighted by molar-refractivity contribution is 0.336. The monoisotopic (exact) mass is 257 g/mol. The Hall–Kier alpha value is -1.68. The molecule has 1 aliphatic rings. The van der Waals surface area contributed by atoms with E-state index in [0.717, 1.165) is 37.6 Å². The molecule has 4 nitrogen and oxygen atoms in total. The van der Waals surface area contributed by atoms with Gasteiger partial charge in [0.25, 0.3) is 0 Å². The highest BCUT2D eigenvalue weighted by atomic mass is 16.5. The second kappa shape index (κ2) is 5.53. The van der Waals surface area contributed by atoms with Crippen molar-refractivity contribution in [2.24, 2.45) is 5.92 Å². The van der Waals surface area contributed by atoms with Crippen LogP contribution in [0, 0.1) is 5.92 Å². The molecular weight excluding hydrogens is 238 g/mol. The molecule has 1 saturated heterocycles. The lowest BCUT2D eigenvalue weighted by Crippen LogP contribution is -2.08. The lowest BCUT2D eigenvalue weighted by atomic mass is 9.98. The molecule has 1 fully saturated rings. The van der Waals surface area contributed by atoms with Gasteiger partial charge in [-0.05, 0) is 24.4 Å². The molecule has 2 unspecified atom stereocenters. The Morgan fingerprint density at radius 1 is 1.21 bits per heavy atom. The topological polar surface area (TPSA) is 51.0 Å². The van der Waals surface area contributed by atoms with E-state index in [1.807, 2.05) is 6.07 Å². The highest BCUT2D eigenvalue weighted by molar-refractivity contribution is 5.15. The van der Waals surface area contributed by atoms with Gasteiger partial charge in [0, 0.05) is 13.0 Å². The number of hydrogen-bond donors (Lipinski definition) is 1. The first-order valence-electron chi connectivity index (χ1n) is 6.90. The summed E-state index contributed by atoms with van der Waals surface area (Å²) < 4.78 is 5.41. The van der Waals surface area contributed by atoms with Crippen LogP contribution in [0.5, 0.6) is 0 Å². The van der Waals surface area contributed by atoms with Crippen LogP contribution in [0.15, 0.2) is 34.9 Å². The number of benzene rings is 1. The third-order valence-corrected chi connectivity index (χ3v) is 3.80. The van der Waals surface area contributed by atoms with Crippen LogP contribution < -0.4 is 5.32 Å². The Balaban J connectivity index is 1.62. The van der Waals surface area contributed by atoms with E-state index in [1.165, 1.54) is 5.56 Å². The summed E-state index contributed by atoms with van der Waals surface area (Å²) in [6.07, 6.45) is 1.79. The Kier molecular flexibility index (Phi) is 3.60. The van der Waals surface area contributed by atoms with Gasteiger partial charge in [0.15, 0.2) is 5.82 Å². The number of aryl methyl sites for hydroxylation is 2. The lowest BCUT2D eigenvalue weighted by Gasteiger charge is -2.07.